The normalized spacial score (nSPS) is 19.4. The number of allylic oxidation sites excluding steroid dienone is 2. The summed E-state index contributed by atoms with van der Waals surface area (Å²) in [6.07, 6.45) is 2.55. The SMILES string of the molecule is O=C1CCCC2=C1C(c1ccccc1)c1c(ccc3ccccc13)N2. The van der Waals surface area contributed by atoms with Gasteiger partial charge in [0.25, 0.3) is 0 Å². The molecule has 0 radical (unpaired) electrons. The van der Waals surface area contributed by atoms with Gasteiger partial charge in [0, 0.05) is 29.3 Å². The van der Waals surface area contributed by atoms with Gasteiger partial charge in [0.2, 0.25) is 0 Å². The molecule has 1 aliphatic heterocycles. The second-order valence-electron chi connectivity index (χ2n) is 6.89. The molecule has 2 nitrogen and oxygen atoms in total. The predicted octanol–water partition coefficient (Wildman–Crippen LogP) is 5.40. The average Bonchev–Trinajstić information content (AvgIpc) is 2.67. The van der Waals surface area contributed by atoms with Crippen molar-refractivity contribution in [3.8, 4) is 0 Å². The maximum atomic E-state index is 12.9. The van der Waals surface area contributed by atoms with Gasteiger partial charge in [0.1, 0.15) is 0 Å². The first-order valence-electron chi connectivity index (χ1n) is 8.93. The van der Waals surface area contributed by atoms with Crippen LogP contribution in [-0.4, -0.2) is 5.78 Å². The lowest BCUT2D eigenvalue weighted by molar-refractivity contribution is -0.116. The maximum Gasteiger partial charge on any atom is 0.161 e. The molecule has 1 unspecified atom stereocenters. The van der Waals surface area contributed by atoms with Crippen LogP contribution < -0.4 is 5.32 Å². The molecule has 0 bridgehead atoms. The van der Waals surface area contributed by atoms with Gasteiger partial charge in [-0.05, 0) is 40.8 Å². The number of rotatable bonds is 1. The Kier molecular flexibility index (Phi) is 3.24. The summed E-state index contributed by atoms with van der Waals surface area (Å²) < 4.78 is 0. The minimum atomic E-state index is 0.0198. The summed E-state index contributed by atoms with van der Waals surface area (Å²) in [4.78, 5) is 12.9. The monoisotopic (exact) mass is 325 g/mol. The lowest BCUT2D eigenvalue weighted by atomic mass is 9.74. The summed E-state index contributed by atoms with van der Waals surface area (Å²) >= 11 is 0. The highest BCUT2D eigenvalue weighted by atomic mass is 16.1. The van der Waals surface area contributed by atoms with E-state index in [9.17, 15) is 4.79 Å². The van der Waals surface area contributed by atoms with Crippen LogP contribution in [-0.2, 0) is 4.79 Å². The van der Waals surface area contributed by atoms with Gasteiger partial charge < -0.3 is 5.32 Å². The summed E-state index contributed by atoms with van der Waals surface area (Å²) in [6.45, 7) is 0. The zero-order valence-electron chi connectivity index (χ0n) is 14.0. The van der Waals surface area contributed by atoms with Crippen LogP contribution in [0.4, 0.5) is 5.69 Å². The topological polar surface area (TPSA) is 29.1 Å². The van der Waals surface area contributed by atoms with E-state index in [1.54, 1.807) is 0 Å². The van der Waals surface area contributed by atoms with E-state index >= 15 is 0 Å². The Balaban J connectivity index is 1.85. The van der Waals surface area contributed by atoms with Gasteiger partial charge in [-0.1, -0.05) is 60.7 Å². The predicted molar refractivity (Wildman–Crippen MR) is 102 cm³/mol. The van der Waals surface area contributed by atoms with Crippen molar-refractivity contribution in [2.45, 2.75) is 25.2 Å². The lowest BCUT2D eigenvalue weighted by Gasteiger charge is -2.35. The van der Waals surface area contributed by atoms with Crippen molar-refractivity contribution in [2.75, 3.05) is 5.32 Å². The van der Waals surface area contributed by atoms with Gasteiger partial charge in [-0.3, -0.25) is 4.79 Å². The van der Waals surface area contributed by atoms with Crippen molar-refractivity contribution in [2.24, 2.45) is 0 Å². The number of anilines is 1. The van der Waals surface area contributed by atoms with E-state index < -0.39 is 0 Å². The number of benzene rings is 3. The van der Waals surface area contributed by atoms with Crippen molar-refractivity contribution in [3.63, 3.8) is 0 Å². The number of ketones is 1. The van der Waals surface area contributed by atoms with Gasteiger partial charge in [-0.25, -0.2) is 0 Å². The zero-order chi connectivity index (χ0) is 16.8. The molecule has 1 N–H and O–H groups in total. The van der Waals surface area contributed by atoms with Crippen LogP contribution in [0.3, 0.4) is 0 Å². The minimum Gasteiger partial charge on any atom is -0.358 e. The number of Topliss-reactive ketones (excluding diaryl/α,β-unsaturated/α-hetero) is 1. The molecule has 0 fully saturated rings. The summed E-state index contributed by atoms with van der Waals surface area (Å²) in [5.74, 6) is 0.313. The second kappa shape index (κ2) is 5.59. The summed E-state index contributed by atoms with van der Waals surface area (Å²) in [7, 11) is 0. The van der Waals surface area contributed by atoms with Crippen LogP contribution in [0.5, 0.6) is 0 Å². The molecule has 0 spiro atoms. The fourth-order valence-electron chi connectivity index (χ4n) is 4.33. The molecule has 2 heteroatoms. The molecule has 0 saturated carbocycles. The first-order valence-corrected chi connectivity index (χ1v) is 8.93. The van der Waals surface area contributed by atoms with Crippen molar-refractivity contribution in [1.29, 1.82) is 0 Å². The molecule has 0 amide bonds. The van der Waals surface area contributed by atoms with E-state index in [0.717, 1.165) is 29.8 Å². The Labute approximate surface area is 147 Å². The minimum absolute atomic E-state index is 0.0198. The number of carbonyl (C=O) groups excluding carboxylic acids is 1. The second-order valence-corrected chi connectivity index (χ2v) is 6.89. The fraction of sp³-hybridized carbons (Fsp3) is 0.174. The van der Waals surface area contributed by atoms with Crippen LogP contribution in [0.15, 0.2) is 78.0 Å². The van der Waals surface area contributed by atoms with Crippen LogP contribution in [0, 0.1) is 0 Å². The van der Waals surface area contributed by atoms with Gasteiger partial charge in [-0.15, -0.1) is 0 Å². The van der Waals surface area contributed by atoms with Gasteiger partial charge in [-0.2, -0.15) is 0 Å². The van der Waals surface area contributed by atoms with Crippen LogP contribution >= 0.6 is 0 Å². The molecule has 1 atom stereocenters. The first kappa shape index (κ1) is 14.5. The molecule has 122 valence electrons. The Morgan fingerprint density at radius 1 is 0.840 bits per heavy atom. The van der Waals surface area contributed by atoms with Gasteiger partial charge >= 0.3 is 0 Å². The van der Waals surface area contributed by atoms with E-state index in [2.05, 4.69) is 66.0 Å². The van der Waals surface area contributed by atoms with Crippen LogP contribution in [0.1, 0.15) is 36.3 Å². The maximum absolute atomic E-state index is 12.9. The van der Waals surface area contributed by atoms with E-state index in [4.69, 9.17) is 0 Å². The van der Waals surface area contributed by atoms with Crippen molar-refractivity contribution in [1.82, 2.24) is 0 Å². The standard InChI is InChI=1S/C23H19NO/c25-20-12-6-11-18-23(20)21(16-8-2-1-3-9-16)22-17-10-5-4-7-15(17)13-14-19(22)24-18/h1-5,7-10,13-14,21,24H,6,11-12H2. The highest BCUT2D eigenvalue weighted by molar-refractivity contribution is 6.04. The molecule has 0 aromatic heterocycles. The Morgan fingerprint density at radius 2 is 1.64 bits per heavy atom. The van der Waals surface area contributed by atoms with Crippen molar-refractivity contribution >= 4 is 22.2 Å². The van der Waals surface area contributed by atoms with Crippen molar-refractivity contribution in [3.05, 3.63) is 89.1 Å². The van der Waals surface area contributed by atoms with Crippen LogP contribution in [0.2, 0.25) is 0 Å². The molecule has 0 saturated heterocycles. The number of hydrogen-bond acceptors (Lipinski definition) is 2. The summed E-state index contributed by atoms with van der Waals surface area (Å²) in [5.41, 5.74) is 5.66. The van der Waals surface area contributed by atoms with E-state index in [1.165, 1.54) is 21.9 Å². The van der Waals surface area contributed by atoms with Gasteiger partial charge in [0.05, 0.1) is 0 Å². The fourth-order valence-corrected chi connectivity index (χ4v) is 4.33. The molecular formula is C23H19NO. The average molecular weight is 325 g/mol. The Morgan fingerprint density at radius 3 is 2.52 bits per heavy atom. The first-order chi connectivity index (χ1) is 12.3. The third kappa shape index (κ3) is 2.21. The molecule has 5 rings (SSSR count). The summed E-state index contributed by atoms with van der Waals surface area (Å²) in [5, 5.41) is 6.03. The summed E-state index contributed by atoms with van der Waals surface area (Å²) in [6, 6.07) is 23.3. The number of nitrogens with one attached hydrogen (secondary N) is 1. The van der Waals surface area contributed by atoms with E-state index in [-0.39, 0.29) is 5.92 Å². The molecule has 1 aliphatic carbocycles. The van der Waals surface area contributed by atoms with Gasteiger partial charge in [0.15, 0.2) is 5.78 Å². The molecule has 1 heterocycles. The van der Waals surface area contributed by atoms with Crippen molar-refractivity contribution < 1.29 is 4.79 Å². The van der Waals surface area contributed by atoms with Crippen LogP contribution in [0.25, 0.3) is 10.8 Å². The molecular weight excluding hydrogens is 306 g/mol. The third-order valence-corrected chi connectivity index (χ3v) is 5.42. The third-order valence-electron chi connectivity index (χ3n) is 5.42. The molecule has 2 aliphatic rings. The highest BCUT2D eigenvalue weighted by Crippen LogP contribution is 2.47. The Hall–Kier alpha value is -2.87. The highest BCUT2D eigenvalue weighted by Gasteiger charge is 2.35. The lowest BCUT2D eigenvalue weighted by Crippen LogP contribution is -2.27. The largest absolute Gasteiger partial charge is 0.358 e. The van der Waals surface area contributed by atoms with E-state index in [1.807, 2.05) is 6.07 Å². The Bertz CT molecular complexity index is 1020. The smallest absolute Gasteiger partial charge is 0.161 e. The zero-order valence-corrected chi connectivity index (χ0v) is 14.0. The number of hydrogen-bond donors (Lipinski definition) is 1. The molecule has 25 heavy (non-hydrogen) atoms. The van der Waals surface area contributed by atoms with E-state index in [0.29, 0.717) is 12.2 Å². The quantitative estimate of drug-likeness (QED) is 0.648. The molecule has 3 aromatic carbocycles. The number of fused-ring (bicyclic) bond motifs is 3. The molecule has 3 aromatic rings. The number of carbonyl (C=O) groups is 1.